The summed E-state index contributed by atoms with van der Waals surface area (Å²) in [5.41, 5.74) is 8.06. The molecule has 0 spiro atoms. The van der Waals surface area contributed by atoms with Gasteiger partial charge >= 0.3 is 0 Å². The fourth-order valence-corrected chi connectivity index (χ4v) is 8.21. The Morgan fingerprint density at radius 2 is 1.15 bits per heavy atom. The third-order valence-corrected chi connectivity index (χ3v) is 11.4. The van der Waals surface area contributed by atoms with Crippen LogP contribution in [0.5, 0.6) is 0 Å². The molecule has 0 aliphatic carbocycles. The summed E-state index contributed by atoms with van der Waals surface area (Å²) in [5, 5.41) is 0. The average molecular weight is 730 g/mol. The highest BCUT2D eigenvalue weighted by molar-refractivity contribution is 5.85. The van der Waals surface area contributed by atoms with Crippen molar-refractivity contribution >= 4 is 22.9 Å². The molecule has 0 unspecified atom stereocenters. The first kappa shape index (κ1) is 34.5. The van der Waals surface area contributed by atoms with E-state index in [0.29, 0.717) is 11.5 Å². The fraction of sp³-hybridized carbons (Fsp3) is 0.267. The van der Waals surface area contributed by atoms with Crippen LogP contribution in [-0.4, -0.2) is 59.6 Å². The standard InChI is InChI=1S/C45H43N7O3/c1-28(30-11-5-3-6-12-30)44(53)51-23-9-15-38(51)41-46-26-36(48-41)32-17-19-33(20-18-32)43-50-35-25-34(21-22-40(35)55-43)37-27-47-42(49-37)39-16-10-24-52(39)45(54)29(2)31-13-7-4-8-14-31/h3-8,11-14,17-22,25-29,38-39H,9-10,15-16,23-24H2,1-2H3,(H,46,48)(H,47,49)/t28-,29-,38+,39+/m1/s1. The van der Waals surface area contributed by atoms with E-state index in [2.05, 4.69) is 9.97 Å². The maximum absolute atomic E-state index is 13.6. The number of carbonyl (C=O) groups is 2. The molecule has 2 aliphatic rings. The average Bonchev–Trinajstić information content (AvgIpc) is 4.09. The number of rotatable bonds is 9. The van der Waals surface area contributed by atoms with Crippen LogP contribution >= 0.6 is 0 Å². The van der Waals surface area contributed by atoms with Crippen LogP contribution in [0, 0.1) is 0 Å². The molecule has 5 heterocycles. The van der Waals surface area contributed by atoms with E-state index in [-0.39, 0.29) is 35.7 Å². The van der Waals surface area contributed by atoms with Crippen molar-refractivity contribution in [2.24, 2.45) is 0 Å². The monoisotopic (exact) mass is 729 g/mol. The van der Waals surface area contributed by atoms with Crippen molar-refractivity contribution in [1.29, 1.82) is 0 Å². The predicted molar refractivity (Wildman–Crippen MR) is 212 cm³/mol. The van der Waals surface area contributed by atoms with E-state index in [0.717, 1.165) is 95.1 Å². The Balaban J connectivity index is 0.882. The summed E-state index contributed by atoms with van der Waals surface area (Å²) in [4.78, 5) is 52.4. The van der Waals surface area contributed by atoms with Crippen molar-refractivity contribution in [2.75, 3.05) is 13.1 Å². The van der Waals surface area contributed by atoms with Gasteiger partial charge in [-0.25, -0.2) is 15.0 Å². The maximum atomic E-state index is 13.6. The van der Waals surface area contributed by atoms with Crippen molar-refractivity contribution < 1.29 is 14.0 Å². The van der Waals surface area contributed by atoms with Gasteiger partial charge in [0.15, 0.2) is 5.58 Å². The summed E-state index contributed by atoms with van der Waals surface area (Å²) in [6, 6.07) is 33.8. The molecule has 2 fully saturated rings. The number of nitrogens with zero attached hydrogens (tertiary/aromatic N) is 5. The molecule has 276 valence electrons. The number of oxazole rings is 1. The highest BCUT2D eigenvalue weighted by atomic mass is 16.3. The molecule has 4 atom stereocenters. The van der Waals surface area contributed by atoms with Gasteiger partial charge in [0, 0.05) is 24.2 Å². The molecule has 9 rings (SSSR count). The zero-order chi connectivity index (χ0) is 37.5. The van der Waals surface area contributed by atoms with E-state index in [9.17, 15) is 9.59 Å². The second-order valence-corrected chi connectivity index (χ2v) is 14.8. The number of aromatic nitrogens is 5. The normalized spacial score (nSPS) is 18.2. The topological polar surface area (TPSA) is 124 Å². The van der Waals surface area contributed by atoms with Gasteiger partial charge in [0.1, 0.15) is 17.2 Å². The third-order valence-electron chi connectivity index (χ3n) is 11.4. The van der Waals surface area contributed by atoms with Gasteiger partial charge in [-0.1, -0.05) is 72.8 Å². The van der Waals surface area contributed by atoms with Gasteiger partial charge in [0.25, 0.3) is 0 Å². The first-order chi connectivity index (χ1) is 26.9. The Morgan fingerprint density at radius 3 is 1.69 bits per heavy atom. The SMILES string of the molecule is C[C@@H](C(=O)N1CCC[C@H]1c1ncc(-c2ccc(-c3nc4cc(-c5cnc([C@@H]6CCCN6C(=O)[C@H](C)c6ccccc6)[nH]5)ccc4o3)cc2)[nH]1)c1ccccc1. The predicted octanol–water partition coefficient (Wildman–Crippen LogP) is 9.21. The molecule has 4 aromatic carbocycles. The number of hydrogen-bond acceptors (Lipinski definition) is 6. The molecule has 3 aromatic heterocycles. The number of nitrogens with one attached hydrogen (secondary N) is 2. The van der Waals surface area contributed by atoms with Crippen molar-refractivity contribution in [3.63, 3.8) is 0 Å². The van der Waals surface area contributed by atoms with Gasteiger partial charge < -0.3 is 24.2 Å². The molecule has 10 heteroatoms. The van der Waals surface area contributed by atoms with Crippen molar-refractivity contribution in [3.05, 3.63) is 138 Å². The molecule has 0 bridgehead atoms. The maximum Gasteiger partial charge on any atom is 0.230 e. The van der Waals surface area contributed by atoms with Crippen LogP contribution in [0.2, 0.25) is 0 Å². The number of H-pyrrole nitrogens is 2. The van der Waals surface area contributed by atoms with Crippen molar-refractivity contribution in [1.82, 2.24) is 34.7 Å². The summed E-state index contributed by atoms with van der Waals surface area (Å²) < 4.78 is 6.19. The van der Waals surface area contributed by atoms with Gasteiger partial charge in [-0.3, -0.25) is 9.59 Å². The Labute approximate surface area is 319 Å². The van der Waals surface area contributed by atoms with E-state index in [4.69, 9.17) is 19.4 Å². The number of likely N-dealkylation sites (tertiary alicyclic amines) is 2. The Hall–Kier alpha value is -6.29. The molecule has 55 heavy (non-hydrogen) atoms. The summed E-state index contributed by atoms with van der Waals surface area (Å²) in [6.07, 6.45) is 7.35. The van der Waals surface area contributed by atoms with Crippen molar-refractivity contribution in [2.45, 2.75) is 63.5 Å². The lowest BCUT2D eigenvalue weighted by molar-refractivity contribution is -0.134. The lowest BCUT2D eigenvalue weighted by Crippen LogP contribution is -2.34. The lowest BCUT2D eigenvalue weighted by atomic mass is 9.99. The van der Waals surface area contributed by atoms with Gasteiger partial charge in [0.05, 0.1) is 47.7 Å². The molecule has 2 aliphatic heterocycles. The molecule has 7 aromatic rings. The first-order valence-corrected chi connectivity index (χ1v) is 19.2. The molecule has 10 nitrogen and oxygen atoms in total. The summed E-state index contributed by atoms with van der Waals surface area (Å²) >= 11 is 0. The zero-order valence-corrected chi connectivity index (χ0v) is 31.0. The van der Waals surface area contributed by atoms with Gasteiger partial charge in [0.2, 0.25) is 17.7 Å². The van der Waals surface area contributed by atoms with Crippen LogP contribution in [-0.2, 0) is 9.59 Å². The third kappa shape index (κ3) is 6.62. The zero-order valence-electron chi connectivity index (χ0n) is 31.0. The molecular weight excluding hydrogens is 687 g/mol. The summed E-state index contributed by atoms with van der Waals surface area (Å²) in [5.74, 6) is 2.00. The number of amides is 2. The van der Waals surface area contributed by atoms with Crippen LogP contribution < -0.4 is 0 Å². The molecular formula is C45H43N7O3. The number of fused-ring (bicyclic) bond motifs is 1. The second kappa shape index (κ2) is 14.5. The highest BCUT2D eigenvalue weighted by Crippen LogP contribution is 2.37. The fourth-order valence-electron chi connectivity index (χ4n) is 8.21. The smallest absolute Gasteiger partial charge is 0.230 e. The number of carbonyl (C=O) groups excluding carboxylic acids is 2. The Morgan fingerprint density at radius 1 is 0.655 bits per heavy atom. The molecule has 2 N–H and O–H groups in total. The Bertz CT molecular complexity index is 2450. The molecule has 0 saturated carbocycles. The number of aromatic amines is 2. The van der Waals surface area contributed by atoms with E-state index < -0.39 is 0 Å². The summed E-state index contributed by atoms with van der Waals surface area (Å²) in [7, 11) is 0. The summed E-state index contributed by atoms with van der Waals surface area (Å²) in [6.45, 7) is 5.42. The van der Waals surface area contributed by atoms with E-state index in [1.807, 2.05) is 139 Å². The molecule has 0 radical (unpaired) electrons. The van der Waals surface area contributed by atoms with Gasteiger partial charge in [-0.05, 0) is 86.6 Å². The minimum Gasteiger partial charge on any atom is -0.436 e. The van der Waals surface area contributed by atoms with Crippen LogP contribution in [0.15, 0.2) is 120 Å². The van der Waals surface area contributed by atoms with Crippen LogP contribution in [0.3, 0.4) is 0 Å². The number of benzene rings is 4. The molecule has 2 saturated heterocycles. The van der Waals surface area contributed by atoms with E-state index in [1.54, 1.807) is 0 Å². The lowest BCUT2D eigenvalue weighted by Gasteiger charge is -2.26. The Kier molecular flexibility index (Phi) is 9.09. The van der Waals surface area contributed by atoms with Crippen LogP contribution in [0.1, 0.15) is 86.2 Å². The quantitative estimate of drug-likeness (QED) is 0.153. The molecule has 2 amide bonds. The number of imidazole rings is 2. The van der Waals surface area contributed by atoms with Gasteiger partial charge in [-0.2, -0.15) is 0 Å². The second-order valence-electron chi connectivity index (χ2n) is 14.8. The number of hydrogen-bond donors (Lipinski definition) is 2. The highest BCUT2D eigenvalue weighted by Gasteiger charge is 2.36. The van der Waals surface area contributed by atoms with Crippen molar-refractivity contribution in [3.8, 4) is 34.0 Å². The minimum absolute atomic E-state index is 0.0694. The van der Waals surface area contributed by atoms with E-state index in [1.165, 1.54) is 0 Å². The van der Waals surface area contributed by atoms with Crippen LogP contribution in [0.25, 0.3) is 45.1 Å². The van der Waals surface area contributed by atoms with Gasteiger partial charge in [-0.15, -0.1) is 0 Å². The minimum atomic E-state index is -0.213. The largest absolute Gasteiger partial charge is 0.436 e. The van der Waals surface area contributed by atoms with E-state index >= 15 is 0 Å². The van der Waals surface area contributed by atoms with Crippen LogP contribution in [0.4, 0.5) is 0 Å². The first-order valence-electron chi connectivity index (χ1n) is 19.2.